The first kappa shape index (κ1) is 7.35. The Morgan fingerprint density at radius 3 is 2.75 bits per heavy atom. The SMILES string of the molecule is O=CNOCC(O)O. The summed E-state index contributed by atoms with van der Waals surface area (Å²) in [4.78, 5) is 13.5. The predicted octanol–water partition coefficient (Wildman–Crippen LogP) is -2.03. The quantitative estimate of drug-likeness (QED) is 0.173. The van der Waals surface area contributed by atoms with Crippen LogP contribution in [0.2, 0.25) is 0 Å². The van der Waals surface area contributed by atoms with Gasteiger partial charge in [0.15, 0.2) is 6.29 Å². The van der Waals surface area contributed by atoms with Crippen LogP contribution in [-0.4, -0.2) is 29.5 Å². The number of amides is 1. The molecule has 8 heavy (non-hydrogen) atoms. The maximum Gasteiger partial charge on any atom is 0.230 e. The lowest BCUT2D eigenvalue weighted by molar-refractivity contribution is -0.137. The Balaban J connectivity index is 2.81. The summed E-state index contributed by atoms with van der Waals surface area (Å²) in [6.45, 7) is -0.321. The van der Waals surface area contributed by atoms with Gasteiger partial charge in [-0.2, -0.15) is 0 Å². The minimum atomic E-state index is -1.54. The molecule has 0 saturated carbocycles. The van der Waals surface area contributed by atoms with E-state index in [9.17, 15) is 4.79 Å². The average Bonchev–Trinajstić information content (AvgIpc) is 1.66. The van der Waals surface area contributed by atoms with Gasteiger partial charge in [-0.1, -0.05) is 0 Å². The first-order valence-corrected chi connectivity index (χ1v) is 1.94. The second-order valence-electron chi connectivity index (χ2n) is 1.03. The van der Waals surface area contributed by atoms with Crippen LogP contribution in [0.25, 0.3) is 0 Å². The van der Waals surface area contributed by atoms with Crippen molar-refractivity contribution in [2.24, 2.45) is 0 Å². The third kappa shape index (κ3) is 5.35. The van der Waals surface area contributed by atoms with E-state index in [1.54, 1.807) is 5.48 Å². The van der Waals surface area contributed by atoms with Crippen molar-refractivity contribution < 1.29 is 19.8 Å². The fraction of sp³-hybridized carbons (Fsp3) is 0.667. The van der Waals surface area contributed by atoms with Crippen LogP contribution >= 0.6 is 0 Å². The molecule has 0 aliphatic carbocycles. The van der Waals surface area contributed by atoms with Crippen LogP contribution < -0.4 is 5.48 Å². The molecule has 0 aliphatic rings. The van der Waals surface area contributed by atoms with Crippen LogP contribution in [-0.2, 0) is 9.63 Å². The van der Waals surface area contributed by atoms with Gasteiger partial charge in [-0.05, 0) is 0 Å². The van der Waals surface area contributed by atoms with Gasteiger partial charge in [0.1, 0.15) is 6.61 Å². The fourth-order valence-electron chi connectivity index (χ4n) is 0.157. The summed E-state index contributed by atoms with van der Waals surface area (Å²) in [5, 5.41) is 16.1. The summed E-state index contributed by atoms with van der Waals surface area (Å²) in [6, 6.07) is 0. The molecule has 0 bridgehead atoms. The first-order chi connectivity index (χ1) is 3.77. The van der Waals surface area contributed by atoms with E-state index < -0.39 is 6.29 Å². The lowest BCUT2D eigenvalue weighted by Crippen LogP contribution is -2.21. The zero-order valence-electron chi connectivity index (χ0n) is 4.07. The lowest BCUT2D eigenvalue weighted by atomic mass is 10.7. The minimum absolute atomic E-state index is 0.294. The van der Waals surface area contributed by atoms with E-state index in [2.05, 4.69) is 4.84 Å². The Hall–Kier alpha value is -0.650. The van der Waals surface area contributed by atoms with E-state index >= 15 is 0 Å². The van der Waals surface area contributed by atoms with E-state index in [-0.39, 0.29) is 6.61 Å². The molecule has 5 nitrogen and oxygen atoms in total. The summed E-state index contributed by atoms with van der Waals surface area (Å²) in [6.07, 6.45) is -1.25. The Bertz CT molecular complexity index is 64.3. The molecule has 0 aromatic rings. The first-order valence-electron chi connectivity index (χ1n) is 1.94. The summed E-state index contributed by atoms with van der Waals surface area (Å²) in [5.74, 6) is 0. The maximum absolute atomic E-state index is 9.39. The summed E-state index contributed by atoms with van der Waals surface area (Å²) < 4.78 is 0. The molecule has 0 aliphatic heterocycles. The number of nitrogens with one attached hydrogen (secondary N) is 1. The van der Waals surface area contributed by atoms with Gasteiger partial charge >= 0.3 is 0 Å². The highest BCUT2D eigenvalue weighted by Gasteiger charge is 1.93. The van der Waals surface area contributed by atoms with Gasteiger partial charge < -0.3 is 10.2 Å². The number of aliphatic hydroxyl groups is 2. The molecule has 48 valence electrons. The molecular formula is C3H7NO4. The van der Waals surface area contributed by atoms with Crippen LogP contribution in [0.4, 0.5) is 0 Å². The monoisotopic (exact) mass is 121 g/mol. The molecule has 0 aromatic heterocycles. The van der Waals surface area contributed by atoms with Crippen molar-refractivity contribution in [3.05, 3.63) is 0 Å². The van der Waals surface area contributed by atoms with E-state index in [4.69, 9.17) is 10.2 Å². The zero-order chi connectivity index (χ0) is 6.41. The van der Waals surface area contributed by atoms with Gasteiger partial charge in [-0.3, -0.25) is 9.63 Å². The van der Waals surface area contributed by atoms with E-state index in [0.717, 1.165) is 0 Å². The summed E-state index contributed by atoms with van der Waals surface area (Å²) >= 11 is 0. The van der Waals surface area contributed by atoms with Gasteiger partial charge in [-0.15, -0.1) is 0 Å². The highest BCUT2D eigenvalue weighted by molar-refractivity contribution is 5.43. The molecule has 1 amide bonds. The second-order valence-corrected chi connectivity index (χ2v) is 1.03. The van der Waals surface area contributed by atoms with Gasteiger partial charge in [0.05, 0.1) is 0 Å². The predicted molar refractivity (Wildman–Crippen MR) is 23.4 cm³/mol. The summed E-state index contributed by atoms with van der Waals surface area (Å²) in [7, 11) is 0. The molecule has 5 heteroatoms. The summed E-state index contributed by atoms with van der Waals surface area (Å²) in [5.41, 5.74) is 1.78. The molecule has 3 N–H and O–H groups in total. The third-order valence-corrected chi connectivity index (χ3v) is 0.364. The third-order valence-electron chi connectivity index (χ3n) is 0.364. The van der Waals surface area contributed by atoms with Crippen LogP contribution in [0.15, 0.2) is 0 Å². The van der Waals surface area contributed by atoms with Crippen molar-refractivity contribution >= 4 is 6.41 Å². The van der Waals surface area contributed by atoms with Crippen molar-refractivity contribution in [2.75, 3.05) is 6.61 Å². The Morgan fingerprint density at radius 2 is 2.38 bits per heavy atom. The van der Waals surface area contributed by atoms with Gasteiger partial charge in [0.25, 0.3) is 0 Å². The molecule has 0 unspecified atom stereocenters. The van der Waals surface area contributed by atoms with Crippen molar-refractivity contribution in [1.29, 1.82) is 0 Å². The van der Waals surface area contributed by atoms with Crippen molar-refractivity contribution in [2.45, 2.75) is 6.29 Å². The van der Waals surface area contributed by atoms with Gasteiger partial charge in [-0.25, -0.2) is 5.48 Å². The van der Waals surface area contributed by atoms with E-state index in [0.29, 0.717) is 6.41 Å². The van der Waals surface area contributed by atoms with E-state index in [1.807, 2.05) is 0 Å². The second kappa shape index (κ2) is 4.51. The molecule has 0 atom stereocenters. The van der Waals surface area contributed by atoms with Crippen molar-refractivity contribution in [3.63, 3.8) is 0 Å². The molecule has 0 heterocycles. The number of hydrogen-bond acceptors (Lipinski definition) is 4. The number of aliphatic hydroxyl groups excluding tert-OH is 1. The van der Waals surface area contributed by atoms with Crippen molar-refractivity contribution in [1.82, 2.24) is 5.48 Å². The maximum atomic E-state index is 9.39. The number of hydrogen-bond donors (Lipinski definition) is 3. The van der Waals surface area contributed by atoms with Crippen LogP contribution in [0.3, 0.4) is 0 Å². The molecule has 0 saturated heterocycles. The Morgan fingerprint density at radius 1 is 1.75 bits per heavy atom. The molecule has 0 radical (unpaired) electrons. The van der Waals surface area contributed by atoms with E-state index in [1.165, 1.54) is 0 Å². The zero-order valence-corrected chi connectivity index (χ0v) is 4.07. The Labute approximate surface area is 45.8 Å². The Kier molecular flexibility index (Phi) is 4.14. The molecular weight excluding hydrogens is 114 g/mol. The smallest absolute Gasteiger partial charge is 0.230 e. The largest absolute Gasteiger partial charge is 0.366 e. The normalized spacial score (nSPS) is 9.38. The van der Waals surface area contributed by atoms with Gasteiger partial charge in [0, 0.05) is 0 Å². The number of rotatable bonds is 4. The molecule has 0 fully saturated rings. The topological polar surface area (TPSA) is 78.8 Å². The number of carbonyl (C=O) groups excluding carboxylic acids is 1. The highest BCUT2D eigenvalue weighted by atomic mass is 16.7. The molecule has 0 rings (SSSR count). The number of carbonyl (C=O) groups is 1. The minimum Gasteiger partial charge on any atom is -0.366 e. The average molecular weight is 121 g/mol. The van der Waals surface area contributed by atoms with Crippen LogP contribution in [0, 0.1) is 0 Å². The fourth-order valence-corrected chi connectivity index (χ4v) is 0.157. The van der Waals surface area contributed by atoms with Gasteiger partial charge in [0.2, 0.25) is 6.41 Å². The molecule has 0 spiro atoms. The lowest BCUT2D eigenvalue weighted by Gasteiger charge is -2.00. The van der Waals surface area contributed by atoms with Crippen LogP contribution in [0.1, 0.15) is 0 Å². The van der Waals surface area contributed by atoms with Crippen LogP contribution in [0.5, 0.6) is 0 Å². The number of hydroxylamine groups is 1. The highest BCUT2D eigenvalue weighted by Crippen LogP contribution is 1.71. The van der Waals surface area contributed by atoms with Crippen molar-refractivity contribution in [3.8, 4) is 0 Å². The molecule has 0 aromatic carbocycles. The standard InChI is InChI=1S/C3H7NO4/c5-2-4-8-1-3(6)7/h2-3,6-7H,1H2,(H,4,5).